The monoisotopic (exact) mass is 231 g/mol. The highest BCUT2D eigenvalue weighted by Gasteiger charge is 2.09. The molecular weight excluding hydrogens is 218 g/mol. The predicted octanol–water partition coefficient (Wildman–Crippen LogP) is 1.90. The van der Waals surface area contributed by atoms with Gasteiger partial charge >= 0.3 is 5.97 Å². The zero-order valence-electron chi connectivity index (χ0n) is 9.22. The first-order chi connectivity index (χ1) is 8.27. The van der Waals surface area contributed by atoms with Crippen LogP contribution in [0.3, 0.4) is 0 Å². The first kappa shape index (κ1) is 11.3. The number of dihydropyridines is 1. The average Bonchev–Trinajstić information content (AvgIpc) is 2.38. The van der Waals surface area contributed by atoms with Gasteiger partial charge in [-0.2, -0.15) is 0 Å². The Morgan fingerprint density at radius 1 is 1.41 bits per heavy atom. The summed E-state index contributed by atoms with van der Waals surface area (Å²) in [6, 6.07) is 6.84. The molecule has 1 aromatic rings. The summed E-state index contributed by atoms with van der Waals surface area (Å²) in [4.78, 5) is 11.0. The average molecular weight is 231 g/mol. The Kier molecular flexibility index (Phi) is 3.45. The molecule has 0 radical (unpaired) electrons. The largest absolute Gasteiger partial charge is 0.489 e. The Bertz CT molecular complexity index is 477. The molecule has 1 aliphatic rings. The van der Waals surface area contributed by atoms with Crippen LogP contribution in [0.4, 0.5) is 0 Å². The molecule has 0 aliphatic carbocycles. The van der Waals surface area contributed by atoms with E-state index in [1.54, 1.807) is 30.5 Å². The minimum Gasteiger partial charge on any atom is -0.489 e. The van der Waals surface area contributed by atoms with Gasteiger partial charge in [-0.05, 0) is 18.2 Å². The number of hydrogen-bond donors (Lipinski definition) is 2. The third kappa shape index (κ3) is 2.87. The van der Waals surface area contributed by atoms with E-state index in [1.807, 2.05) is 12.2 Å². The lowest BCUT2D eigenvalue weighted by Gasteiger charge is -2.12. The van der Waals surface area contributed by atoms with Crippen LogP contribution in [0.25, 0.3) is 0 Å². The number of allylic oxidation sites excluding steroid dienone is 1. The summed E-state index contributed by atoms with van der Waals surface area (Å²) in [7, 11) is 0. The van der Waals surface area contributed by atoms with Gasteiger partial charge in [-0.1, -0.05) is 18.2 Å². The number of carboxylic acids is 1. The van der Waals surface area contributed by atoms with Crippen molar-refractivity contribution < 1.29 is 14.6 Å². The molecule has 4 heteroatoms. The maximum Gasteiger partial charge on any atom is 0.336 e. The highest BCUT2D eigenvalue weighted by atomic mass is 16.5. The third-order valence-electron chi connectivity index (χ3n) is 2.43. The second kappa shape index (κ2) is 5.21. The van der Waals surface area contributed by atoms with E-state index in [0.29, 0.717) is 5.56 Å². The summed E-state index contributed by atoms with van der Waals surface area (Å²) in [5.74, 6) is -0.178. The Labute approximate surface area is 99.2 Å². The van der Waals surface area contributed by atoms with Gasteiger partial charge in [0.05, 0.1) is 5.56 Å². The number of carboxylic acid groups (broad SMARTS) is 1. The number of nitrogens with one attached hydrogen (secondary N) is 1. The molecule has 0 fully saturated rings. The van der Waals surface area contributed by atoms with Crippen LogP contribution in [0.15, 0.2) is 48.4 Å². The first-order valence-corrected chi connectivity index (χ1v) is 5.31. The molecule has 1 aliphatic heterocycles. The van der Waals surface area contributed by atoms with Gasteiger partial charge in [0.15, 0.2) is 0 Å². The zero-order chi connectivity index (χ0) is 12.1. The van der Waals surface area contributed by atoms with Crippen molar-refractivity contribution >= 4 is 5.97 Å². The molecule has 17 heavy (non-hydrogen) atoms. The Hall–Kier alpha value is -2.23. The van der Waals surface area contributed by atoms with E-state index < -0.39 is 5.97 Å². The van der Waals surface area contributed by atoms with E-state index >= 15 is 0 Å². The molecule has 1 heterocycles. The van der Waals surface area contributed by atoms with Gasteiger partial charge in [-0.3, -0.25) is 0 Å². The molecule has 0 atom stereocenters. The van der Waals surface area contributed by atoms with E-state index in [4.69, 9.17) is 9.84 Å². The highest BCUT2D eigenvalue weighted by molar-refractivity contribution is 5.89. The van der Waals surface area contributed by atoms with Crippen molar-refractivity contribution in [3.8, 4) is 0 Å². The highest BCUT2D eigenvalue weighted by Crippen LogP contribution is 2.13. The van der Waals surface area contributed by atoms with E-state index in [2.05, 4.69) is 5.32 Å². The van der Waals surface area contributed by atoms with Crippen LogP contribution in [0.5, 0.6) is 0 Å². The summed E-state index contributed by atoms with van der Waals surface area (Å²) in [6.07, 6.45) is 5.52. The Balaban J connectivity index is 2.06. The number of rotatable bonds is 4. The second-order valence-electron chi connectivity index (χ2n) is 3.60. The topological polar surface area (TPSA) is 58.6 Å². The van der Waals surface area contributed by atoms with E-state index in [-0.39, 0.29) is 12.2 Å². The Morgan fingerprint density at radius 3 is 2.94 bits per heavy atom. The molecule has 0 saturated heterocycles. The minimum absolute atomic E-state index is 0.263. The number of carbonyl (C=O) groups is 1. The number of ether oxygens (including phenoxy) is 1. The molecule has 0 amide bonds. The maximum atomic E-state index is 11.0. The quantitative estimate of drug-likeness (QED) is 0.831. The normalized spacial score (nSPS) is 13.8. The fraction of sp³-hybridized carbons (Fsp3) is 0.154. The van der Waals surface area contributed by atoms with Crippen molar-refractivity contribution in [3.63, 3.8) is 0 Å². The fourth-order valence-corrected chi connectivity index (χ4v) is 1.56. The summed E-state index contributed by atoms with van der Waals surface area (Å²) in [5, 5.41) is 12.0. The molecule has 0 aromatic heterocycles. The van der Waals surface area contributed by atoms with Crippen molar-refractivity contribution in [1.82, 2.24) is 5.32 Å². The molecule has 0 unspecified atom stereocenters. The van der Waals surface area contributed by atoms with Gasteiger partial charge in [0.2, 0.25) is 0 Å². The van der Waals surface area contributed by atoms with Crippen molar-refractivity contribution in [1.29, 1.82) is 0 Å². The van der Waals surface area contributed by atoms with Gasteiger partial charge in [-0.15, -0.1) is 0 Å². The van der Waals surface area contributed by atoms with Crippen LogP contribution in [0.1, 0.15) is 15.9 Å². The molecular formula is C13H13NO3. The van der Waals surface area contributed by atoms with E-state index in [9.17, 15) is 4.79 Å². The smallest absolute Gasteiger partial charge is 0.336 e. The molecule has 1 aromatic carbocycles. The first-order valence-electron chi connectivity index (χ1n) is 5.31. The van der Waals surface area contributed by atoms with Crippen LogP contribution in [0, 0.1) is 0 Å². The van der Waals surface area contributed by atoms with Gasteiger partial charge < -0.3 is 15.2 Å². The zero-order valence-corrected chi connectivity index (χ0v) is 9.22. The predicted molar refractivity (Wildman–Crippen MR) is 63.4 cm³/mol. The molecule has 2 N–H and O–H groups in total. The van der Waals surface area contributed by atoms with Crippen molar-refractivity contribution in [2.75, 3.05) is 6.54 Å². The lowest BCUT2D eigenvalue weighted by molar-refractivity contribution is 0.0692. The summed E-state index contributed by atoms with van der Waals surface area (Å²) in [6.45, 7) is 0.991. The molecule has 88 valence electrons. The summed E-state index contributed by atoms with van der Waals surface area (Å²) in [5.41, 5.74) is 0.957. The molecule has 0 spiro atoms. The van der Waals surface area contributed by atoms with Gasteiger partial charge in [0.1, 0.15) is 12.4 Å². The van der Waals surface area contributed by atoms with Gasteiger partial charge in [0.25, 0.3) is 0 Å². The maximum absolute atomic E-state index is 11.0. The van der Waals surface area contributed by atoms with Gasteiger partial charge in [-0.25, -0.2) is 4.79 Å². The van der Waals surface area contributed by atoms with Crippen LogP contribution in [-0.2, 0) is 11.3 Å². The minimum atomic E-state index is -0.931. The fourth-order valence-electron chi connectivity index (χ4n) is 1.56. The van der Waals surface area contributed by atoms with Crippen LogP contribution in [0.2, 0.25) is 0 Å². The summed E-state index contributed by atoms with van der Waals surface area (Å²) >= 11 is 0. The number of hydrogen-bond acceptors (Lipinski definition) is 3. The Morgan fingerprint density at radius 2 is 2.24 bits per heavy atom. The van der Waals surface area contributed by atoms with E-state index in [0.717, 1.165) is 12.3 Å². The number of benzene rings is 1. The lowest BCUT2D eigenvalue weighted by atomic mass is 10.1. The summed E-state index contributed by atoms with van der Waals surface area (Å²) < 4.78 is 5.53. The van der Waals surface area contributed by atoms with Crippen LogP contribution in [-0.4, -0.2) is 17.6 Å². The van der Waals surface area contributed by atoms with Crippen molar-refractivity contribution in [3.05, 3.63) is 59.5 Å². The van der Waals surface area contributed by atoms with Crippen molar-refractivity contribution in [2.45, 2.75) is 6.61 Å². The molecule has 0 bridgehead atoms. The molecule has 2 rings (SSSR count). The van der Waals surface area contributed by atoms with Crippen LogP contribution >= 0.6 is 0 Å². The third-order valence-corrected chi connectivity index (χ3v) is 2.43. The SMILES string of the molecule is O=C(O)c1ccccc1COC1=CCNC=C1. The second-order valence-corrected chi connectivity index (χ2v) is 3.60. The van der Waals surface area contributed by atoms with Crippen LogP contribution < -0.4 is 5.32 Å². The van der Waals surface area contributed by atoms with E-state index in [1.165, 1.54) is 0 Å². The molecule has 4 nitrogen and oxygen atoms in total. The lowest BCUT2D eigenvalue weighted by Crippen LogP contribution is -2.10. The molecule has 0 saturated carbocycles. The standard InChI is InChI=1S/C13H13NO3/c15-13(16)12-4-2-1-3-10(12)9-17-11-5-7-14-8-6-11/h1-7,14H,8-9H2,(H,15,16). The number of aromatic carboxylic acids is 1. The van der Waals surface area contributed by atoms with Crippen molar-refractivity contribution in [2.24, 2.45) is 0 Å². The van der Waals surface area contributed by atoms with Gasteiger partial charge in [0, 0.05) is 18.3 Å².